The van der Waals surface area contributed by atoms with Gasteiger partial charge in [0.25, 0.3) is 5.56 Å². The standard InChI is InChI=1S/C29H24Cl2N2O5S/c1-4-36-22-9-7-6-8-19(22)26-25(28(35)37-5-2)16(3)32-29-33(26)27(34)24(39-29)15-18-11-13-23(38-18)20-14-17(30)10-12-21(20)31/h6-15,26H,4-5H2,1-3H3/b24-15-/t26-/m0/s1. The Balaban J connectivity index is 1.67. The van der Waals surface area contributed by atoms with Gasteiger partial charge in [-0.3, -0.25) is 9.36 Å². The number of nitrogens with zero attached hydrogens (tertiary/aromatic N) is 2. The van der Waals surface area contributed by atoms with Gasteiger partial charge < -0.3 is 13.9 Å². The van der Waals surface area contributed by atoms with Crippen molar-refractivity contribution in [2.45, 2.75) is 26.8 Å². The van der Waals surface area contributed by atoms with Crippen LogP contribution in [0.3, 0.4) is 0 Å². The maximum absolute atomic E-state index is 13.9. The summed E-state index contributed by atoms with van der Waals surface area (Å²) in [7, 11) is 0. The van der Waals surface area contributed by atoms with Gasteiger partial charge in [-0.1, -0.05) is 52.7 Å². The van der Waals surface area contributed by atoms with Gasteiger partial charge in [-0.2, -0.15) is 0 Å². The van der Waals surface area contributed by atoms with Gasteiger partial charge in [0.05, 0.1) is 34.0 Å². The summed E-state index contributed by atoms with van der Waals surface area (Å²) in [5, 5.41) is 1.02. The molecule has 0 N–H and O–H groups in total. The fourth-order valence-electron chi connectivity index (χ4n) is 4.47. The Bertz CT molecular complexity index is 1780. The van der Waals surface area contributed by atoms with Crippen LogP contribution >= 0.6 is 34.5 Å². The maximum Gasteiger partial charge on any atom is 0.338 e. The number of allylic oxidation sites excluding steroid dienone is 1. The Morgan fingerprint density at radius 2 is 1.92 bits per heavy atom. The van der Waals surface area contributed by atoms with Gasteiger partial charge in [0, 0.05) is 22.2 Å². The first-order valence-corrected chi connectivity index (χ1v) is 13.9. The Morgan fingerprint density at radius 1 is 1.13 bits per heavy atom. The third-order valence-corrected chi connectivity index (χ3v) is 7.67. The monoisotopic (exact) mass is 582 g/mol. The van der Waals surface area contributed by atoms with Crippen LogP contribution in [0, 0.1) is 0 Å². The van der Waals surface area contributed by atoms with Gasteiger partial charge in [0.1, 0.15) is 23.3 Å². The number of fused-ring (bicyclic) bond motifs is 1. The molecular formula is C29H24Cl2N2O5S. The average molecular weight is 583 g/mol. The van der Waals surface area contributed by atoms with Crippen LogP contribution in [0.15, 0.2) is 80.1 Å². The third kappa shape index (κ3) is 5.20. The van der Waals surface area contributed by atoms with Crippen LogP contribution in [-0.2, 0) is 9.53 Å². The first-order chi connectivity index (χ1) is 18.8. The minimum atomic E-state index is -0.775. The Labute approximate surface area is 238 Å². The van der Waals surface area contributed by atoms with Crippen LogP contribution in [-0.4, -0.2) is 23.8 Å². The molecule has 0 saturated carbocycles. The molecule has 0 aliphatic carbocycles. The van der Waals surface area contributed by atoms with E-state index < -0.39 is 12.0 Å². The van der Waals surface area contributed by atoms with E-state index in [1.54, 1.807) is 50.3 Å². The van der Waals surface area contributed by atoms with Gasteiger partial charge in [0.15, 0.2) is 4.80 Å². The highest BCUT2D eigenvalue weighted by Crippen LogP contribution is 2.36. The molecule has 0 saturated heterocycles. The molecular weight excluding hydrogens is 559 g/mol. The number of carbonyl (C=O) groups excluding carboxylic acids is 1. The molecule has 39 heavy (non-hydrogen) atoms. The predicted octanol–water partition coefficient (Wildman–Crippen LogP) is 5.76. The Morgan fingerprint density at radius 3 is 2.69 bits per heavy atom. The SMILES string of the molecule is CCOC(=O)C1=C(C)N=c2s/c(=C\c3ccc(-c4cc(Cl)ccc4Cl)o3)c(=O)n2[C@H]1c1ccccc1OCC. The number of thiazole rings is 1. The minimum absolute atomic E-state index is 0.192. The minimum Gasteiger partial charge on any atom is -0.494 e. The summed E-state index contributed by atoms with van der Waals surface area (Å²) >= 11 is 13.7. The van der Waals surface area contributed by atoms with E-state index in [1.807, 2.05) is 31.2 Å². The van der Waals surface area contributed by atoms with Crippen molar-refractivity contribution in [2.75, 3.05) is 13.2 Å². The normalized spacial score (nSPS) is 15.2. The zero-order valence-electron chi connectivity index (χ0n) is 21.4. The second kappa shape index (κ2) is 11.3. The highest BCUT2D eigenvalue weighted by atomic mass is 35.5. The number of ether oxygens (including phenoxy) is 2. The van der Waals surface area contributed by atoms with Crippen molar-refractivity contribution in [3.8, 4) is 17.1 Å². The molecule has 3 heterocycles. The lowest BCUT2D eigenvalue weighted by atomic mass is 9.95. The van der Waals surface area contributed by atoms with Gasteiger partial charge in [0.2, 0.25) is 0 Å². The maximum atomic E-state index is 13.9. The molecule has 2 aromatic heterocycles. The van der Waals surface area contributed by atoms with Crippen LogP contribution in [0.1, 0.15) is 38.1 Å². The molecule has 5 rings (SSSR count). The summed E-state index contributed by atoms with van der Waals surface area (Å²) in [4.78, 5) is 32.1. The summed E-state index contributed by atoms with van der Waals surface area (Å²) in [6, 6.07) is 15.2. The number of esters is 1. The number of halogens is 2. The van der Waals surface area contributed by atoms with Crippen LogP contribution in [0.2, 0.25) is 10.0 Å². The number of benzene rings is 2. The number of rotatable bonds is 7. The van der Waals surface area contributed by atoms with Crippen LogP contribution in [0.4, 0.5) is 0 Å². The summed E-state index contributed by atoms with van der Waals surface area (Å²) in [5.74, 6) is 1.02. The molecule has 200 valence electrons. The molecule has 0 amide bonds. The van der Waals surface area contributed by atoms with Crippen LogP contribution < -0.4 is 19.6 Å². The smallest absolute Gasteiger partial charge is 0.338 e. The van der Waals surface area contributed by atoms with Gasteiger partial charge >= 0.3 is 5.97 Å². The lowest BCUT2D eigenvalue weighted by Crippen LogP contribution is -2.40. The lowest BCUT2D eigenvalue weighted by Gasteiger charge is -2.26. The molecule has 0 spiro atoms. The fourth-order valence-corrected chi connectivity index (χ4v) is 5.88. The van der Waals surface area contributed by atoms with Gasteiger partial charge in [-0.05, 0) is 57.2 Å². The topological polar surface area (TPSA) is 83.0 Å². The van der Waals surface area contributed by atoms with Crippen molar-refractivity contribution in [1.82, 2.24) is 4.57 Å². The average Bonchev–Trinajstić information content (AvgIpc) is 3.49. The number of hydrogen-bond acceptors (Lipinski definition) is 7. The van der Waals surface area contributed by atoms with E-state index in [9.17, 15) is 9.59 Å². The lowest BCUT2D eigenvalue weighted by molar-refractivity contribution is -0.139. The number of hydrogen-bond donors (Lipinski definition) is 0. The number of furan rings is 1. The van der Waals surface area contributed by atoms with E-state index in [4.69, 9.17) is 37.1 Å². The van der Waals surface area contributed by atoms with E-state index >= 15 is 0 Å². The molecule has 1 aliphatic heterocycles. The van der Waals surface area contributed by atoms with E-state index in [0.29, 0.717) is 65.7 Å². The van der Waals surface area contributed by atoms with Gasteiger partial charge in [-0.25, -0.2) is 9.79 Å². The molecule has 0 fully saturated rings. The third-order valence-electron chi connectivity index (χ3n) is 6.12. The molecule has 1 aliphatic rings. The predicted molar refractivity (Wildman–Crippen MR) is 152 cm³/mol. The van der Waals surface area contributed by atoms with E-state index in [0.717, 1.165) is 0 Å². The van der Waals surface area contributed by atoms with Crippen molar-refractivity contribution >= 4 is 46.6 Å². The fraction of sp³-hybridized carbons (Fsp3) is 0.207. The van der Waals surface area contributed by atoms with Crippen molar-refractivity contribution in [2.24, 2.45) is 4.99 Å². The van der Waals surface area contributed by atoms with Crippen molar-refractivity contribution in [3.63, 3.8) is 0 Å². The Kier molecular flexibility index (Phi) is 7.79. The zero-order valence-corrected chi connectivity index (χ0v) is 23.7. The van der Waals surface area contributed by atoms with Crippen molar-refractivity contribution in [3.05, 3.63) is 107 Å². The van der Waals surface area contributed by atoms with Crippen LogP contribution in [0.5, 0.6) is 5.75 Å². The van der Waals surface area contributed by atoms with E-state index in [2.05, 4.69) is 4.99 Å². The summed E-state index contributed by atoms with van der Waals surface area (Å²) < 4.78 is 19.2. The first-order valence-electron chi connectivity index (χ1n) is 12.3. The number of para-hydroxylation sites is 1. The summed E-state index contributed by atoms with van der Waals surface area (Å²) in [6.07, 6.45) is 1.65. The molecule has 4 aromatic rings. The van der Waals surface area contributed by atoms with Crippen molar-refractivity contribution < 1.29 is 18.7 Å². The van der Waals surface area contributed by atoms with Crippen molar-refractivity contribution in [1.29, 1.82) is 0 Å². The summed E-state index contributed by atoms with van der Waals surface area (Å²) in [6.45, 7) is 5.97. The molecule has 7 nitrogen and oxygen atoms in total. The molecule has 0 bridgehead atoms. The second-order valence-electron chi connectivity index (χ2n) is 8.60. The van der Waals surface area contributed by atoms with Crippen LogP contribution in [0.25, 0.3) is 17.4 Å². The highest BCUT2D eigenvalue weighted by molar-refractivity contribution is 7.07. The van der Waals surface area contributed by atoms with E-state index in [1.165, 1.54) is 15.9 Å². The second-order valence-corrected chi connectivity index (χ2v) is 10.5. The number of aromatic nitrogens is 1. The molecule has 10 heteroatoms. The summed E-state index contributed by atoms with van der Waals surface area (Å²) in [5.41, 5.74) is 1.77. The molecule has 0 unspecified atom stereocenters. The largest absolute Gasteiger partial charge is 0.494 e. The molecule has 0 radical (unpaired) electrons. The molecule has 2 aromatic carbocycles. The zero-order chi connectivity index (χ0) is 27.7. The highest BCUT2D eigenvalue weighted by Gasteiger charge is 2.35. The number of carbonyl (C=O) groups is 1. The molecule has 1 atom stereocenters. The van der Waals surface area contributed by atoms with Gasteiger partial charge in [-0.15, -0.1) is 0 Å². The Hall–Kier alpha value is -3.59. The van der Waals surface area contributed by atoms with E-state index in [-0.39, 0.29) is 12.2 Å². The quantitative estimate of drug-likeness (QED) is 0.258. The first kappa shape index (κ1) is 27.0.